The van der Waals surface area contributed by atoms with Crippen molar-refractivity contribution in [2.45, 2.75) is 208 Å². The molecule has 0 bridgehead atoms. The molecule has 0 saturated carbocycles. The summed E-state index contributed by atoms with van der Waals surface area (Å²) in [6.07, 6.45) is -9.96. The Hall–Kier alpha value is -4.75. The van der Waals surface area contributed by atoms with Crippen LogP contribution in [0.25, 0.3) is 0 Å². The maximum atomic E-state index is 14.7. The van der Waals surface area contributed by atoms with Crippen molar-refractivity contribution in [3.05, 3.63) is 45.3 Å². The molecule has 0 radical (unpaired) electrons. The van der Waals surface area contributed by atoms with Gasteiger partial charge in [0, 0.05) is 66.6 Å². The maximum absolute atomic E-state index is 14.7. The van der Waals surface area contributed by atoms with Gasteiger partial charge in [-0.05, 0) is 45.6 Å². The van der Waals surface area contributed by atoms with E-state index in [9.17, 15) is 59.1 Å². The van der Waals surface area contributed by atoms with E-state index in [-0.39, 0.29) is 25.8 Å². The number of aromatic amines is 1. The van der Waals surface area contributed by atoms with E-state index in [0.29, 0.717) is 6.42 Å². The third-order valence-corrected chi connectivity index (χ3v) is 14.8. The summed E-state index contributed by atoms with van der Waals surface area (Å²) >= 11 is 0. The Morgan fingerprint density at radius 3 is 2.08 bits per heavy atom. The number of carbonyl (C=O) groups excluding carboxylic acids is 4. The number of hydrogen-bond acceptors (Lipinski definition) is 23. The lowest BCUT2D eigenvalue weighted by molar-refractivity contribution is -0.297. The third kappa shape index (κ3) is 16.9. The summed E-state index contributed by atoms with van der Waals surface area (Å²) in [5, 5.41) is 55.1. The molecule has 4 aliphatic rings. The second kappa shape index (κ2) is 30.9. The first-order valence-corrected chi connectivity index (χ1v) is 27.0. The number of H-pyrrole nitrogens is 1. The number of methoxy groups -OCH3 is 3. The van der Waals surface area contributed by atoms with Crippen LogP contribution in [0, 0.1) is 5.92 Å². The van der Waals surface area contributed by atoms with Crippen molar-refractivity contribution in [1.82, 2.24) is 19.4 Å². The summed E-state index contributed by atoms with van der Waals surface area (Å²) < 4.78 is 58.6. The molecular weight excluding hydrogens is 1050 g/mol. The van der Waals surface area contributed by atoms with Crippen LogP contribution in [0.15, 0.2) is 34.0 Å². The Morgan fingerprint density at radius 2 is 1.44 bits per heavy atom. The molecule has 0 aliphatic carbocycles. The molecule has 0 spiro atoms. The van der Waals surface area contributed by atoms with Crippen LogP contribution in [0.5, 0.6) is 0 Å². The maximum Gasteiger partial charge on any atom is 0.330 e. The van der Waals surface area contributed by atoms with Gasteiger partial charge in [0.1, 0.15) is 79.3 Å². The average Bonchev–Trinajstić information content (AvgIpc) is 3.93. The van der Waals surface area contributed by atoms with Crippen molar-refractivity contribution in [3.8, 4) is 0 Å². The van der Waals surface area contributed by atoms with Gasteiger partial charge in [-0.25, -0.2) is 9.59 Å². The summed E-state index contributed by atoms with van der Waals surface area (Å²) in [6, 6.07) is -2.62. The van der Waals surface area contributed by atoms with E-state index in [1.54, 1.807) is 13.8 Å². The van der Waals surface area contributed by atoms with Gasteiger partial charge < -0.3 is 83.5 Å². The standard InChI is InChI=1S/C52H83N5O22/c1-9-10-11-12-13-14-15-16-17-18-19-29(74-33(59)22-27(2)23-34(60)77-51-46(72-8)45(71-7)42(70-6)28(3)73-51)24-35(61)75-31-26-55(4)37(47(66)56(5)36(31)49(67)68)43(79-50-41(65)38(62)30(25-53)76-50)44-39(63)40(64)48(78-44)57-21-20-32(58)54-52(57)69/h16-17,20-21,27-31,36-46,48,50-51,62-65H,9-15,18-19,22-26,53H2,1-8H3,(H,67,68)(H,54,58,69). The molecule has 5 rings (SSSR count). The van der Waals surface area contributed by atoms with E-state index >= 15 is 0 Å². The Morgan fingerprint density at radius 1 is 0.797 bits per heavy atom. The van der Waals surface area contributed by atoms with Crippen molar-refractivity contribution < 1.29 is 96.9 Å². The lowest BCUT2D eigenvalue weighted by Crippen LogP contribution is -2.59. The van der Waals surface area contributed by atoms with Gasteiger partial charge in [-0.2, -0.15) is 0 Å². The number of rotatable bonds is 29. The van der Waals surface area contributed by atoms with E-state index in [4.69, 9.17) is 53.1 Å². The van der Waals surface area contributed by atoms with Crippen LogP contribution in [0.2, 0.25) is 0 Å². The lowest BCUT2D eigenvalue weighted by Gasteiger charge is -2.43. The second-order valence-corrected chi connectivity index (χ2v) is 20.7. The molecule has 1 aromatic rings. The number of esters is 3. The molecule has 4 fully saturated rings. The topological polar surface area (TPSA) is 366 Å². The molecule has 1 amide bonds. The van der Waals surface area contributed by atoms with Crippen molar-refractivity contribution in [2.24, 2.45) is 11.7 Å². The van der Waals surface area contributed by atoms with E-state index in [1.165, 1.54) is 46.1 Å². The molecule has 4 saturated heterocycles. The van der Waals surface area contributed by atoms with Crippen molar-refractivity contribution >= 4 is 29.8 Å². The average molecular weight is 1130 g/mol. The Balaban J connectivity index is 1.34. The van der Waals surface area contributed by atoms with Gasteiger partial charge in [-0.1, -0.05) is 58.1 Å². The molecule has 8 N–H and O–H groups in total. The number of nitrogens with one attached hydrogen (secondary N) is 1. The van der Waals surface area contributed by atoms with E-state index < -0.39 is 170 Å². The fraction of sp³-hybridized carbons (Fsp3) is 0.788. The number of likely N-dealkylation sites (N-methyl/N-ethyl adjacent to an activating group) is 2. The number of aliphatic hydroxyl groups is 4. The number of ether oxygens (including phenoxy) is 10. The summed E-state index contributed by atoms with van der Waals surface area (Å²) in [5.41, 5.74) is 3.93. The van der Waals surface area contributed by atoms with Crippen LogP contribution >= 0.6 is 0 Å². The minimum absolute atomic E-state index is 0.145. The number of aromatic nitrogens is 2. The molecule has 19 atom stereocenters. The summed E-state index contributed by atoms with van der Waals surface area (Å²) in [5.74, 6) is -5.66. The molecule has 0 aromatic carbocycles. The zero-order valence-corrected chi connectivity index (χ0v) is 46.3. The monoisotopic (exact) mass is 1130 g/mol. The minimum atomic E-state index is -1.97. The van der Waals surface area contributed by atoms with Crippen LogP contribution in [-0.4, -0.2) is 227 Å². The summed E-state index contributed by atoms with van der Waals surface area (Å²) in [4.78, 5) is 97.5. The number of amides is 1. The predicted molar refractivity (Wildman–Crippen MR) is 274 cm³/mol. The number of carbonyl (C=O) groups is 5. The largest absolute Gasteiger partial charge is 0.480 e. The molecule has 79 heavy (non-hydrogen) atoms. The van der Waals surface area contributed by atoms with Gasteiger partial charge in [0.15, 0.2) is 18.6 Å². The number of nitrogens with two attached hydrogens (primary N) is 1. The van der Waals surface area contributed by atoms with Gasteiger partial charge in [0.05, 0.1) is 12.5 Å². The first-order valence-electron chi connectivity index (χ1n) is 27.0. The molecule has 448 valence electrons. The number of hydrogen-bond donors (Lipinski definition) is 7. The smallest absolute Gasteiger partial charge is 0.330 e. The fourth-order valence-corrected chi connectivity index (χ4v) is 10.5. The lowest BCUT2D eigenvalue weighted by atomic mass is 9.97. The number of carboxylic acid groups (broad SMARTS) is 1. The van der Waals surface area contributed by atoms with Crippen LogP contribution in [-0.2, 0) is 71.3 Å². The Kier molecular flexibility index (Phi) is 25.4. The minimum Gasteiger partial charge on any atom is -0.480 e. The number of aliphatic hydroxyl groups excluding tert-OH is 4. The second-order valence-electron chi connectivity index (χ2n) is 20.7. The quantitative estimate of drug-likeness (QED) is 0.0224. The number of nitrogens with zero attached hydrogens (tertiary/aromatic N) is 3. The fourth-order valence-electron chi connectivity index (χ4n) is 10.5. The Labute approximate surface area is 458 Å². The molecule has 1 aromatic heterocycles. The number of carboxylic acids is 1. The highest BCUT2D eigenvalue weighted by molar-refractivity contribution is 5.88. The summed E-state index contributed by atoms with van der Waals surface area (Å²) in [7, 11) is 6.85. The normalized spacial score (nSPS) is 32.6. The molecular formula is C52H83N5O22. The van der Waals surface area contributed by atoms with E-state index in [2.05, 4.69) is 6.92 Å². The Bertz CT molecular complexity index is 2290. The van der Waals surface area contributed by atoms with Gasteiger partial charge >= 0.3 is 29.6 Å². The molecule has 27 nitrogen and oxygen atoms in total. The number of unbranched alkanes of at least 4 members (excludes halogenated alkanes) is 6. The van der Waals surface area contributed by atoms with Gasteiger partial charge in [-0.15, -0.1) is 0 Å². The summed E-state index contributed by atoms with van der Waals surface area (Å²) in [6.45, 7) is 4.72. The molecule has 19 unspecified atom stereocenters. The van der Waals surface area contributed by atoms with Crippen molar-refractivity contribution in [3.63, 3.8) is 0 Å². The van der Waals surface area contributed by atoms with E-state index in [1.807, 2.05) is 17.1 Å². The zero-order chi connectivity index (χ0) is 58.2. The molecule has 4 aliphatic heterocycles. The van der Waals surface area contributed by atoms with Crippen LogP contribution in [0.1, 0.15) is 104 Å². The van der Waals surface area contributed by atoms with Crippen LogP contribution in [0.4, 0.5) is 0 Å². The molecule has 27 heteroatoms. The van der Waals surface area contributed by atoms with Gasteiger partial charge in [0.25, 0.3) is 5.56 Å². The first kappa shape index (κ1) is 65.1. The van der Waals surface area contributed by atoms with Crippen molar-refractivity contribution in [2.75, 3.05) is 48.5 Å². The number of allylic oxidation sites excluding steroid dienone is 2. The predicted octanol–water partition coefficient (Wildman–Crippen LogP) is -0.778. The highest BCUT2D eigenvalue weighted by Gasteiger charge is 2.57. The zero-order valence-electron chi connectivity index (χ0n) is 46.3. The highest BCUT2D eigenvalue weighted by Crippen LogP contribution is 2.37. The van der Waals surface area contributed by atoms with Gasteiger partial charge in [0.2, 0.25) is 12.2 Å². The first-order chi connectivity index (χ1) is 37.6. The third-order valence-electron chi connectivity index (χ3n) is 14.8. The van der Waals surface area contributed by atoms with Gasteiger partial charge in [-0.3, -0.25) is 38.4 Å². The van der Waals surface area contributed by atoms with Crippen LogP contribution < -0.4 is 17.0 Å². The van der Waals surface area contributed by atoms with E-state index in [0.717, 1.165) is 60.9 Å². The van der Waals surface area contributed by atoms with Crippen LogP contribution in [0.3, 0.4) is 0 Å². The highest BCUT2D eigenvalue weighted by atomic mass is 16.7. The number of aliphatic carboxylic acids is 1. The van der Waals surface area contributed by atoms with Crippen molar-refractivity contribution in [1.29, 1.82) is 0 Å². The molecule has 5 heterocycles. The SMILES string of the molecule is CCCCCCCCC=CCCC(CC(=O)OC1CN(C)C(C(OC2OC(CN)C(O)C2O)C2OC(n3ccc(=O)[nH]c3=O)C(O)C2O)C(=O)N(C)C1C(=O)O)OC(=O)CC(C)CC(=O)OC1OC(C)C(OC)C(OC)C1OC.